The molecule has 0 radical (unpaired) electrons. The van der Waals surface area contributed by atoms with Gasteiger partial charge in [0, 0.05) is 5.54 Å². The van der Waals surface area contributed by atoms with E-state index in [1.165, 1.54) is 6.42 Å². The summed E-state index contributed by atoms with van der Waals surface area (Å²) in [7, 11) is 0. The predicted molar refractivity (Wildman–Crippen MR) is 51.7 cm³/mol. The summed E-state index contributed by atoms with van der Waals surface area (Å²) in [5, 5.41) is 3.42. The predicted octanol–water partition coefficient (Wildman–Crippen LogP) is 2.59. The molecule has 0 unspecified atom stereocenters. The smallest absolute Gasteiger partial charge is 0.0304 e. The summed E-state index contributed by atoms with van der Waals surface area (Å²) in [6.45, 7) is 13.6. The monoisotopic (exact) mass is 155 g/mol. The molecule has 0 atom stereocenters. The molecule has 11 heavy (non-hydrogen) atoms. The molecular weight excluding hydrogens is 134 g/mol. The highest BCUT2D eigenvalue weighted by atomic mass is 14.9. The number of nitrogens with one attached hydrogen (secondary N) is 1. The van der Waals surface area contributed by atoms with Crippen LogP contribution in [-0.4, -0.2) is 12.1 Å². The van der Waals surface area contributed by atoms with Crippen LogP contribution in [0.25, 0.3) is 0 Å². The maximum atomic E-state index is 3.77. The zero-order valence-corrected chi connectivity index (χ0v) is 8.28. The Hall–Kier alpha value is -0.300. The summed E-state index contributed by atoms with van der Waals surface area (Å²) in [4.78, 5) is 0. The lowest BCUT2D eigenvalue weighted by atomic mass is 10.0. The molecular formula is C10H21N. The SMILES string of the molecule is C=CC(C)(C)NCCC(C)C. The van der Waals surface area contributed by atoms with Crippen LogP contribution in [0.3, 0.4) is 0 Å². The Kier molecular flexibility index (Phi) is 4.43. The summed E-state index contributed by atoms with van der Waals surface area (Å²) in [6, 6.07) is 0. The summed E-state index contributed by atoms with van der Waals surface area (Å²) in [6.07, 6.45) is 3.19. The lowest BCUT2D eigenvalue weighted by molar-refractivity contribution is 0.440. The Bertz CT molecular complexity index is 114. The Labute approximate surface area is 70.9 Å². The van der Waals surface area contributed by atoms with Crippen molar-refractivity contribution in [2.75, 3.05) is 6.54 Å². The molecule has 0 bridgehead atoms. The van der Waals surface area contributed by atoms with Crippen LogP contribution in [0.4, 0.5) is 0 Å². The van der Waals surface area contributed by atoms with E-state index in [0.717, 1.165) is 12.5 Å². The van der Waals surface area contributed by atoms with Crippen molar-refractivity contribution in [3.8, 4) is 0 Å². The van der Waals surface area contributed by atoms with E-state index >= 15 is 0 Å². The molecule has 0 aliphatic carbocycles. The molecule has 1 heteroatoms. The third-order valence-corrected chi connectivity index (χ3v) is 1.81. The minimum atomic E-state index is 0.0922. The molecule has 66 valence electrons. The van der Waals surface area contributed by atoms with Crippen LogP contribution in [0.1, 0.15) is 34.1 Å². The van der Waals surface area contributed by atoms with Crippen LogP contribution in [0, 0.1) is 5.92 Å². The maximum Gasteiger partial charge on any atom is 0.0304 e. The van der Waals surface area contributed by atoms with Crippen molar-refractivity contribution >= 4 is 0 Å². The number of hydrogen-bond acceptors (Lipinski definition) is 1. The van der Waals surface area contributed by atoms with E-state index < -0.39 is 0 Å². The van der Waals surface area contributed by atoms with Crippen LogP contribution in [0.2, 0.25) is 0 Å². The maximum absolute atomic E-state index is 3.77. The van der Waals surface area contributed by atoms with Gasteiger partial charge in [-0.15, -0.1) is 6.58 Å². The van der Waals surface area contributed by atoms with Gasteiger partial charge in [-0.1, -0.05) is 19.9 Å². The highest BCUT2D eigenvalue weighted by molar-refractivity contribution is 4.94. The largest absolute Gasteiger partial charge is 0.308 e. The van der Waals surface area contributed by atoms with Gasteiger partial charge in [0.1, 0.15) is 0 Å². The number of rotatable bonds is 5. The van der Waals surface area contributed by atoms with E-state index in [-0.39, 0.29) is 5.54 Å². The molecule has 0 aromatic rings. The Balaban J connectivity index is 3.45. The molecule has 0 fully saturated rings. The Morgan fingerprint density at radius 3 is 2.36 bits per heavy atom. The topological polar surface area (TPSA) is 12.0 Å². The van der Waals surface area contributed by atoms with Gasteiger partial charge in [-0.05, 0) is 32.7 Å². The minimum Gasteiger partial charge on any atom is -0.308 e. The van der Waals surface area contributed by atoms with Crippen molar-refractivity contribution in [1.82, 2.24) is 5.32 Å². The van der Waals surface area contributed by atoms with E-state index in [2.05, 4.69) is 39.6 Å². The highest BCUT2D eigenvalue weighted by Crippen LogP contribution is 2.04. The molecule has 0 saturated heterocycles. The molecule has 0 saturated carbocycles. The third kappa shape index (κ3) is 6.11. The van der Waals surface area contributed by atoms with E-state index in [9.17, 15) is 0 Å². The average molecular weight is 155 g/mol. The minimum absolute atomic E-state index is 0.0922. The molecule has 0 amide bonds. The molecule has 0 aliphatic heterocycles. The van der Waals surface area contributed by atoms with Crippen LogP contribution < -0.4 is 5.32 Å². The van der Waals surface area contributed by atoms with E-state index in [1.807, 2.05) is 6.08 Å². The van der Waals surface area contributed by atoms with Crippen LogP contribution in [0.5, 0.6) is 0 Å². The van der Waals surface area contributed by atoms with Crippen molar-refractivity contribution in [3.05, 3.63) is 12.7 Å². The van der Waals surface area contributed by atoms with Crippen molar-refractivity contribution < 1.29 is 0 Å². The fraction of sp³-hybridized carbons (Fsp3) is 0.800. The van der Waals surface area contributed by atoms with E-state index in [4.69, 9.17) is 0 Å². The summed E-state index contributed by atoms with van der Waals surface area (Å²) < 4.78 is 0. The third-order valence-electron chi connectivity index (χ3n) is 1.81. The first-order chi connectivity index (χ1) is 4.98. The summed E-state index contributed by atoms with van der Waals surface area (Å²) in [5.74, 6) is 0.781. The van der Waals surface area contributed by atoms with Gasteiger partial charge >= 0.3 is 0 Å². The van der Waals surface area contributed by atoms with Gasteiger partial charge in [0.15, 0.2) is 0 Å². The first kappa shape index (κ1) is 10.7. The molecule has 0 aromatic heterocycles. The van der Waals surface area contributed by atoms with Crippen molar-refractivity contribution in [3.63, 3.8) is 0 Å². The second kappa shape index (κ2) is 4.55. The molecule has 0 spiro atoms. The van der Waals surface area contributed by atoms with Gasteiger partial charge in [-0.3, -0.25) is 0 Å². The van der Waals surface area contributed by atoms with Crippen LogP contribution in [0.15, 0.2) is 12.7 Å². The van der Waals surface area contributed by atoms with Gasteiger partial charge < -0.3 is 5.32 Å². The zero-order valence-electron chi connectivity index (χ0n) is 8.28. The van der Waals surface area contributed by atoms with Gasteiger partial charge in [0.05, 0.1) is 0 Å². The molecule has 0 rings (SSSR count). The first-order valence-electron chi connectivity index (χ1n) is 4.36. The zero-order chi connectivity index (χ0) is 8.91. The van der Waals surface area contributed by atoms with Crippen LogP contribution in [-0.2, 0) is 0 Å². The van der Waals surface area contributed by atoms with Crippen molar-refractivity contribution in [2.45, 2.75) is 39.7 Å². The quantitative estimate of drug-likeness (QED) is 0.602. The lowest BCUT2D eigenvalue weighted by Crippen LogP contribution is -2.37. The second-order valence-corrected chi connectivity index (χ2v) is 4.04. The normalized spacial score (nSPS) is 12.1. The molecule has 0 aromatic carbocycles. The Morgan fingerprint density at radius 1 is 1.45 bits per heavy atom. The standard InChI is InChI=1S/C10H21N/c1-6-10(4,5)11-8-7-9(2)3/h6,9,11H,1,7-8H2,2-5H3. The number of hydrogen-bond donors (Lipinski definition) is 1. The second-order valence-electron chi connectivity index (χ2n) is 4.04. The molecule has 1 nitrogen and oxygen atoms in total. The molecule has 1 N–H and O–H groups in total. The van der Waals surface area contributed by atoms with Gasteiger partial charge in [-0.2, -0.15) is 0 Å². The van der Waals surface area contributed by atoms with E-state index in [1.54, 1.807) is 0 Å². The van der Waals surface area contributed by atoms with Crippen molar-refractivity contribution in [2.24, 2.45) is 5.92 Å². The fourth-order valence-electron chi connectivity index (χ4n) is 0.755. The van der Waals surface area contributed by atoms with Gasteiger partial charge in [0.2, 0.25) is 0 Å². The lowest BCUT2D eigenvalue weighted by Gasteiger charge is -2.22. The first-order valence-corrected chi connectivity index (χ1v) is 4.36. The average Bonchev–Trinajstić information content (AvgIpc) is 1.87. The van der Waals surface area contributed by atoms with Gasteiger partial charge in [-0.25, -0.2) is 0 Å². The summed E-state index contributed by atoms with van der Waals surface area (Å²) >= 11 is 0. The van der Waals surface area contributed by atoms with Gasteiger partial charge in [0.25, 0.3) is 0 Å². The fourth-order valence-corrected chi connectivity index (χ4v) is 0.755. The summed E-state index contributed by atoms with van der Waals surface area (Å²) in [5.41, 5.74) is 0.0922. The highest BCUT2D eigenvalue weighted by Gasteiger charge is 2.10. The van der Waals surface area contributed by atoms with Crippen LogP contribution >= 0.6 is 0 Å². The van der Waals surface area contributed by atoms with E-state index in [0.29, 0.717) is 0 Å². The molecule has 0 heterocycles. The molecule has 0 aliphatic rings. The Morgan fingerprint density at radius 2 is 2.00 bits per heavy atom. The van der Waals surface area contributed by atoms with Crippen molar-refractivity contribution in [1.29, 1.82) is 0 Å².